The highest BCUT2D eigenvalue weighted by Gasteiger charge is 2.36. The number of barbiturate groups is 1. The molecule has 1 saturated heterocycles. The van der Waals surface area contributed by atoms with Crippen LogP contribution in [0.25, 0.3) is 16.8 Å². The molecule has 4 rings (SSSR count). The van der Waals surface area contributed by atoms with Crippen molar-refractivity contribution in [2.45, 2.75) is 13.3 Å². The molecule has 1 aliphatic rings. The Morgan fingerprint density at radius 1 is 0.933 bits per heavy atom. The molecule has 0 bridgehead atoms. The number of nitrogens with one attached hydrogen (secondary N) is 1. The molecule has 0 saturated carbocycles. The molecule has 6 heteroatoms. The van der Waals surface area contributed by atoms with Crippen molar-refractivity contribution in [3.63, 3.8) is 0 Å². The van der Waals surface area contributed by atoms with Crippen molar-refractivity contribution in [2.24, 2.45) is 0 Å². The van der Waals surface area contributed by atoms with E-state index in [1.165, 1.54) is 6.08 Å². The summed E-state index contributed by atoms with van der Waals surface area (Å²) in [5.41, 5.74) is 2.07. The van der Waals surface area contributed by atoms with Crippen LogP contribution in [0.5, 0.6) is 5.75 Å². The Morgan fingerprint density at radius 3 is 2.30 bits per heavy atom. The second kappa shape index (κ2) is 7.83. The third-order valence-corrected chi connectivity index (χ3v) is 5.14. The molecule has 30 heavy (non-hydrogen) atoms. The fraction of sp³-hybridized carbons (Fsp3) is 0.125. The maximum atomic E-state index is 13.1. The van der Waals surface area contributed by atoms with Gasteiger partial charge in [-0.2, -0.15) is 0 Å². The Labute approximate surface area is 173 Å². The molecule has 0 atom stereocenters. The molecule has 1 heterocycles. The molecule has 0 spiro atoms. The summed E-state index contributed by atoms with van der Waals surface area (Å²) in [6.07, 6.45) is 2.36. The second-order valence-electron chi connectivity index (χ2n) is 6.88. The number of carbonyl (C=O) groups excluding carboxylic acids is 3. The summed E-state index contributed by atoms with van der Waals surface area (Å²) in [6, 6.07) is 17.5. The summed E-state index contributed by atoms with van der Waals surface area (Å²) < 4.78 is 5.40. The van der Waals surface area contributed by atoms with Crippen LogP contribution in [0.4, 0.5) is 10.5 Å². The number of carbonyl (C=O) groups is 3. The standard InChI is InChI=1S/C24H20N2O4/c1-3-15-8-11-17(12-9-15)26-23(28)20(22(27)25-24(26)29)14-16-10-13-21(30-2)19-7-5-4-6-18(16)19/h4-14H,3H2,1-2H3,(H,25,27,29)/b20-14-. The number of methoxy groups -OCH3 is 1. The van der Waals surface area contributed by atoms with E-state index in [0.717, 1.165) is 27.7 Å². The lowest BCUT2D eigenvalue weighted by Gasteiger charge is -2.26. The molecule has 6 nitrogen and oxygen atoms in total. The minimum absolute atomic E-state index is 0.107. The van der Waals surface area contributed by atoms with Gasteiger partial charge in [-0.1, -0.05) is 49.4 Å². The van der Waals surface area contributed by atoms with Crippen molar-refractivity contribution in [1.29, 1.82) is 0 Å². The van der Waals surface area contributed by atoms with Gasteiger partial charge in [-0.25, -0.2) is 9.69 Å². The summed E-state index contributed by atoms with van der Waals surface area (Å²) in [5.74, 6) is -0.681. The highest BCUT2D eigenvalue weighted by atomic mass is 16.5. The van der Waals surface area contributed by atoms with E-state index >= 15 is 0 Å². The van der Waals surface area contributed by atoms with Gasteiger partial charge < -0.3 is 4.74 Å². The number of hydrogen-bond donors (Lipinski definition) is 1. The average molecular weight is 400 g/mol. The smallest absolute Gasteiger partial charge is 0.335 e. The minimum Gasteiger partial charge on any atom is -0.496 e. The van der Waals surface area contributed by atoms with Crippen LogP contribution >= 0.6 is 0 Å². The molecule has 3 aromatic rings. The van der Waals surface area contributed by atoms with E-state index in [0.29, 0.717) is 17.0 Å². The Morgan fingerprint density at radius 2 is 1.63 bits per heavy atom. The Kier molecular flexibility index (Phi) is 5.06. The number of rotatable bonds is 4. The first-order valence-electron chi connectivity index (χ1n) is 9.59. The van der Waals surface area contributed by atoms with Crippen molar-refractivity contribution in [2.75, 3.05) is 12.0 Å². The van der Waals surface area contributed by atoms with Gasteiger partial charge in [0.2, 0.25) is 0 Å². The number of nitrogens with zero attached hydrogens (tertiary/aromatic N) is 1. The maximum Gasteiger partial charge on any atom is 0.335 e. The lowest BCUT2D eigenvalue weighted by Crippen LogP contribution is -2.54. The fourth-order valence-electron chi connectivity index (χ4n) is 3.53. The van der Waals surface area contributed by atoms with Crippen molar-refractivity contribution < 1.29 is 19.1 Å². The van der Waals surface area contributed by atoms with Crippen molar-refractivity contribution in [3.8, 4) is 5.75 Å². The van der Waals surface area contributed by atoms with Crippen LogP contribution in [-0.4, -0.2) is 25.0 Å². The topological polar surface area (TPSA) is 75.7 Å². The molecular weight excluding hydrogens is 380 g/mol. The zero-order valence-electron chi connectivity index (χ0n) is 16.6. The lowest BCUT2D eigenvalue weighted by molar-refractivity contribution is -0.122. The minimum atomic E-state index is -0.758. The number of aryl methyl sites for hydroxylation is 1. The number of hydrogen-bond acceptors (Lipinski definition) is 4. The molecule has 1 N–H and O–H groups in total. The number of imide groups is 2. The summed E-state index contributed by atoms with van der Waals surface area (Å²) in [5, 5.41) is 3.96. The number of benzene rings is 3. The maximum absolute atomic E-state index is 13.1. The van der Waals surface area contributed by atoms with E-state index in [1.54, 1.807) is 31.4 Å². The summed E-state index contributed by atoms with van der Waals surface area (Å²) in [6.45, 7) is 2.02. The predicted octanol–water partition coefficient (Wildman–Crippen LogP) is 4.08. The molecule has 0 aliphatic carbocycles. The van der Waals surface area contributed by atoms with E-state index in [9.17, 15) is 14.4 Å². The van der Waals surface area contributed by atoms with Gasteiger partial charge in [0.05, 0.1) is 12.8 Å². The molecule has 3 aromatic carbocycles. The summed E-state index contributed by atoms with van der Waals surface area (Å²) >= 11 is 0. The van der Waals surface area contributed by atoms with Crippen molar-refractivity contribution in [1.82, 2.24) is 5.32 Å². The van der Waals surface area contributed by atoms with Crippen molar-refractivity contribution >= 4 is 40.4 Å². The summed E-state index contributed by atoms with van der Waals surface area (Å²) in [4.78, 5) is 39.0. The summed E-state index contributed by atoms with van der Waals surface area (Å²) in [7, 11) is 1.59. The van der Waals surface area contributed by atoms with Crippen LogP contribution in [0, 0.1) is 0 Å². The van der Waals surface area contributed by atoms with Gasteiger partial charge in [0.15, 0.2) is 0 Å². The molecule has 150 valence electrons. The number of urea groups is 1. The van der Waals surface area contributed by atoms with Gasteiger partial charge in [0.1, 0.15) is 11.3 Å². The number of ether oxygens (including phenoxy) is 1. The zero-order chi connectivity index (χ0) is 21.3. The van der Waals surface area contributed by atoms with E-state index in [-0.39, 0.29) is 5.57 Å². The zero-order valence-corrected chi connectivity index (χ0v) is 16.6. The van der Waals surface area contributed by atoms with Gasteiger partial charge in [0.25, 0.3) is 11.8 Å². The van der Waals surface area contributed by atoms with Crippen LogP contribution in [0.1, 0.15) is 18.1 Å². The molecule has 4 amide bonds. The van der Waals surface area contributed by atoms with E-state index in [4.69, 9.17) is 4.74 Å². The molecule has 0 radical (unpaired) electrons. The second-order valence-corrected chi connectivity index (χ2v) is 6.88. The Hall–Kier alpha value is -3.93. The van der Waals surface area contributed by atoms with Crippen LogP contribution in [0.3, 0.4) is 0 Å². The van der Waals surface area contributed by atoms with E-state index < -0.39 is 17.8 Å². The molecule has 0 aromatic heterocycles. The molecule has 0 unspecified atom stereocenters. The Balaban J connectivity index is 1.79. The average Bonchev–Trinajstić information content (AvgIpc) is 2.77. The van der Waals surface area contributed by atoms with Crippen LogP contribution in [0.2, 0.25) is 0 Å². The van der Waals surface area contributed by atoms with E-state index in [1.807, 2.05) is 43.3 Å². The molecular formula is C24H20N2O4. The monoisotopic (exact) mass is 400 g/mol. The van der Waals surface area contributed by atoms with Crippen LogP contribution < -0.4 is 15.0 Å². The van der Waals surface area contributed by atoms with Gasteiger partial charge in [-0.15, -0.1) is 0 Å². The largest absolute Gasteiger partial charge is 0.496 e. The third-order valence-electron chi connectivity index (χ3n) is 5.14. The Bertz CT molecular complexity index is 1200. The number of fused-ring (bicyclic) bond motifs is 1. The van der Waals surface area contributed by atoms with Gasteiger partial charge in [-0.05, 0) is 47.2 Å². The van der Waals surface area contributed by atoms with Gasteiger partial charge in [-0.3, -0.25) is 14.9 Å². The highest BCUT2D eigenvalue weighted by molar-refractivity contribution is 6.39. The number of anilines is 1. The van der Waals surface area contributed by atoms with E-state index in [2.05, 4.69) is 5.32 Å². The fourth-order valence-corrected chi connectivity index (χ4v) is 3.53. The van der Waals surface area contributed by atoms with Crippen LogP contribution in [-0.2, 0) is 16.0 Å². The number of amides is 4. The predicted molar refractivity (Wildman–Crippen MR) is 115 cm³/mol. The normalized spacial score (nSPS) is 15.6. The van der Waals surface area contributed by atoms with Gasteiger partial charge >= 0.3 is 6.03 Å². The van der Waals surface area contributed by atoms with Crippen molar-refractivity contribution in [3.05, 3.63) is 77.4 Å². The first-order chi connectivity index (χ1) is 14.5. The third kappa shape index (κ3) is 3.33. The highest BCUT2D eigenvalue weighted by Crippen LogP contribution is 2.30. The quantitative estimate of drug-likeness (QED) is 0.529. The van der Waals surface area contributed by atoms with Crippen LogP contribution in [0.15, 0.2) is 66.2 Å². The van der Waals surface area contributed by atoms with Gasteiger partial charge in [0, 0.05) is 5.39 Å². The molecule has 1 aliphatic heterocycles. The molecule has 1 fully saturated rings. The first kappa shape index (κ1) is 19.4. The first-order valence-corrected chi connectivity index (χ1v) is 9.59. The SMILES string of the molecule is CCc1ccc(N2C(=O)NC(=O)/C(=C/c3ccc(OC)c4ccccc34)C2=O)cc1. The lowest BCUT2D eigenvalue weighted by atomic mass is 10.00.